The molecule has 1 saturated heterocycles. The number of carboxylic acid groups (broad SMARTS) is 1. The Kier molecular flexibility index (Phi) is 7.43. The van der Waals surface area contributed by atoms with Crippen molar-refractivity contribution < 1.29 is 29.0 Å². The molecule has 3 atom stereocenters. The lowest BCUT2D eigenvalue weighted by atomic mass is 10.0. The molecular formula is C23H25N3O6. The standard InChI is InChI=1S/C23H25N3O6/c1-32-16-9-5-8-15(10-16)12-19(23(30)31)24-20(27)13-18-22(29)25-17(21(28)26-18)11-14-6-3-2-4-7-14/h2-10,17-19H,11-13H2,1H3,(H,24,27)(H,25,29)(H,26,28)(H,30,31)/t17-,18-,19-/m0/s1. The summed E-state index contributed by atoms with van der Waals surface area (Å²) in [6.45, 7) is 0. The number of methoxy groups -OCH3 is 1. The van der Waals surface area contributed by atoms with Crippen LogP contribution in [0, 0.1) is 0 Å². The summed E-state index contributed by atoms with van der Waals surface area (Å²) in [5.41, 5.74) is 1.57. The smallest absolute Gasteiger partial charge is 0.326 e. The molecule has 0 aliphatic carbocycles. The van der Waals surface area contributed by atoms with E-state index < -0.39 is 41.8 Å². The number of rotatable bonds is 9. The van der Waals surface area contributed by atoms with E-state index in [1.807, 2.05) is 30.3 Å². The molecule has 0 unspecified atom stereocenters. The molecule has 4 N–H and O–H groups in total. The number of benzene rings is 2. The monoisotopic (exact) mass is 439 g/mol. The normalized spacial score (nSPS) is 18.8. The van der Waals surface area contributed by atoms with Gasteiger partial charge in [-0.25, -0.2) is 4.79 Å². The molecular weight excluding hydrogens is 414 g/mol. The zero-order valence-corrected chi connectivity index (χ0v) is 17.5. The van der Waals surface area contributed by atoms with Crippen molar-refractivity contribution in [3.8, 4) is 5.75 Å². The predicted octanol–water partition coefficient (Wildman–Crippen LogP) is 0.423. The number of nitrogens with one attached hydrogen (secondary N) is 3. The van der Waals surface area contributed by atoms with Gasteiger partial charge in [-0.15, -0.1) is 0 Å². The van der Waals surface area contributed by atoms with Crippen LogP contribution in [0.2, 0.25) is 0 Å². The summed E-state index contributed by atoms with van der Waals surface area (Å²) in [6.07, 6.45) is 0.0110. The van der Waals surface area contributed by atoms with Crippen LogP contribution in [0.1, 0.15) is 17.5 Å². The second-order valence-electron chi connectivity index (χ2n) is 7.53. The summed E-state index contributed by atoms with van der Waals surface area (Å²) in [4.78, 5) is 48.9. The van der Waals surface area contributed by atoms with Crippen molar-refractivity contribution in [2.24, 2.45) is 0 Å². The molecule has 3 rings (SSSR count). The van der Waals surface area contributed by atoms with Gasteiger partial charge < -0.3 is 25.8 Å². The molecule has 0 radical (unpaired) electrons. The van der Waals surface area contributed by atoms with Gasteiger partial charge in [0.1, 0.15) is 23.9 Å². The summed E-state index contributed by atoms with van der Waals surface area (Å²) in [6, 6.07) is 13.1. The number of carboxylic acids is 1. The lowest BCUT2D eigenvalue weighted by Gasteiger charge is -2.29. The van der Waals surface area contributed by atoms with Crippen LogP contribution in [-0.4, -0.2) is 54.0 Å². The molecule has 2 aromatic rings. The summed E-state index contributed by atoms with van der Waals surface area (Å²) in [7, 11) is 1.50. The highest BCUT2D eigenvalue weighted by molar-refractivity contribution is 5.99. The molecule has 1 heterocycles. The van der Waals surface area contributed by atoms with E-state index in [2.05, 4.69) is 16.0 Å². The molecule has 1 aliphatic rings. The molecule has 3 amide bonds. The summed E-state index contributed by atoms with van der Waals surface area (Å²) >= 11 is 0. The fourth-order valence-electron chi connectivity index (χ4n) is 3.49. The molecule has 9 heteroatoms. The molecule has 0 aromatic heterocycles. The summed E-state index contributed by atoms with van der Waals surface area (Å²) < 4.78 is 5.13. The zero-order chi connectivity index (χ0) is 23.1. The van der Waals surface area contributed by atoms with Gasteiger partial charge in [-0.3, -0.25) is 14.4 Å². The van der Waals surface area contributed by atoms with Gasteiger partial charge in [0.05, 0.1) is 13.5 Å². The van der Waals surface area contributed by atoms with Crippen LogP contribution >= 0.6 is 0 Å². The number of hydrogen-bond donors (Lipinski definition) is 4. The van der Waals surface area contributed by atoms with Crippen molar-refractivity contribution in [1.82, 2.24) is 16.0 Å². The van der Waals surface area contributed by atoms with E-state index in [1.165, 1.54) is 7.11 Å². The van der Waals surface area contributed by atoms with Gasteiger partial charge in [-0.1, -0.05) is 42.5 Å². The number of hydrogen-bond acceptors (Lipinski definition) is 5. The molecule has 9 nitrogen and oxygen atoms in total. The van der Waals surface area contributed by atoms with Crippen molar-refractivity contribution in [3.63, 3.8) is 0 Å². The number of aliphatic carboxylic acids is 1. The second kappa shape index (κ2) is 10.4. The number of carbonyl (C=O) groups is 4. The number of amides is 3. The third kappa shape index (κ3) is 6.07. The van der Waals surface area contributed by atoms with E-state index in [0.717, 1.165) is 5.56 Å². The molecule has 0 saturated carbocycles. The second-order valence-corrected chi connectivity index (χ2v) is 7.53. The summed E-state index contributed by atoms with van der Waals surface area (Å²) in [5, 5.41) is 17.1. The van der Waals surface area contributed by atoms with Gasteiger partial charge >= 0.3 is 5.97 Å². The van der Waals surface area contributed by atoms with E-state index in [4.69, 9.17) is 4.74 Å². The van der Waals surface area contributed by atoms with Crippen LogP contribution in [-0.2, 0) is 32.0 Å². The fraction of sp³-hybridized carbons (Fsp3) is 0.304. The van der Waals surface area contributed by atoms with Gasteiger partial charge in [0, 0.05) is 12.8 Å². The lowest BCUT2D eigenvalue weighted by molar-refractivity contribution is -0.142. The van der Waals surface area contributed by atoms with Crippen molar-refractivity contribution >= 4 is 23.7 Å². The molecule has 0 bridgehead atoms. The van der Waals surface area contributed by atoms with Gasteiger partial charge in [-0.2, -0.15) is 0 Å². The van der Waals surface area contributed by atoms with Crippen LogP contribution in [0.25, 0.3) is 0 Å². The third-order valence-corrected chi connectivity index (χ3v) is 5.15. The first-order valence-corrected chi connectivity index (χ1v) is 10.2. The Labute approximate surface area is 185 Å². The van der Waals surface area contributed by atoms with Gasteiger partial charge in [0.15, 0.2) is 0 Å². The Morgan fingerprint density at radius 1 is 1.00 bits per heavy atom. The van der Waals surface area contributed by atoms with Crippen molar-refractivity contribution in [3.05, 3.63) is 65.7 Å². The highest BCUT2D eigenvalue weighted by Gasteiger charge is 2.35. The maximum absolute atomic E-state index is 12.4. The van der Waals surface area contributed by atoms with Crippen LogP contribution in [0.5, 0.6) is 5.75 Å². The molecule has 32 heavy (non-hydrogen) atoms. The Balaban J connectivity index is 1.56. The Hall–Kier alpha value is -3.88. The predicted molar refractivity (Wildman–Crippen MR) is 115 cm³/mol. The third-order valence-electron chi connectivity index (χ3n) is 5.15. The fourth-order valence-corrected chi connectivity index (χ4v) is 3.49. The number of carbonyl (C=O) groups excluding carboxylic acids is 3. The van der Waals surface area contributed by atoms with E-state index in [1.54, 1.807) is 24.3 Å². The first-order chi connectivity index (χ1) is 15.4. The van der Waals surface area contributed by atoms with Crippen molar-refractivity contribution in [1.29, 1.82) is 0 Å². The highest BCUT2D eigenvalue weighted by Crippen LogP contribution is 2.14. The Morgan fingerprint density at radius 3 is 2.34 bits per heavy atom. The quantitative estimate of drug-likeness (QED) is 0.448. The average molecular weight is 439 g/mol. The van der Waals surface area contributed by atoms with E-state index in [9.17, 15) is 24.3 Å². The largest absolute Gasteiger partial charge is 0.497 e. The van der Waals surface area contributed by atoms with E-state index in [-0.39, 0.29) is 12.8 Å². The maximum Gasteiger partial charge on any atom is 0.326 e. The van der Waals surface area contributed by atoms with Gasteiger partial charge in [0.2, 0.25) is 17.7 Å². The molecule has 1 fully saturated rings. The Morgan fingerprint density at radius 2 is 1.66 bits per heavy atom. The van der Waals surface area contributed by atoms with E-state index >= 15 is 0 Å². The first-order valence-electron chi connectivity index (χ1n) is 10.2. The molecule has 168 valence electrons. The van der Waals surface area contributed by atoms with Crippen LogP contribution in [0.15, 0.2) is 54.6 Å². The minimum absolute atomic E-state index is 0.0423. The first kappa shape index (κ1) is 22.8. The summed E-state index contributed by atoms with van der Waals surface area (Å²) in [5.74, 6) is -2.16. The van der Waals surface area contributed by atoms with Gasteiger partial charge in [-0.05, 0) is 23.3 Å². The Bertz CT molecular complexity index is 994. The van der Waals surface area contributed by atoms with Crippen LogP contribution in [0.3, 0.4) is 0 Å². The van der Waals surface area contributed by atoms with E-state index in [0.29, 0.717) is 17.7 Å². The minimum atomic E-state index is -1.21. The topological polar surface area (TPSA) is 134 Å². The molecule has 1 aliphatic heterocycles. The highest BCUT2D eigenvalue weighted by atomic mass is 16.5. The molecule has 2 aromatic carbocycles. The maximum atomic E-state index is 12.4. The number of piperazine rings is 1. The van der Waals surface area contributed by atoms with Crippen molar-refractivity contribution in [2.45, 2.75) is 37.4 Å². The van der Waals surface area contributed by atoms with Crippen LogP contribution in [0.4, 0.5) is 0 Å². The lowest BCUT2D eigenvalue weighted by Crippen LogP contribution is -2.63. The SMILES string of the molecule is COc1cccc(C[C@H](NC(=O)C[C@@H]2NC(=O)[C@H](Cc3ccccc3)NC2=O)C(=O)O)c1. The zero-order valence-electron chi connectivity index (χ0n) is 17.5. The molecule has 0 spiro atoms. The minimum Gasteiger partial charge on any atom is -0.497 e. The number of ether oxygens (including phenoxy) is 1. The van der Waals surface area contributed by atoms with Gasteiger partial charge in [0.25, 0.3) is 0 Å². The van der Waals surface area contributed by atoms with Crippen molar-refractivity contribution in [2.75, 3.05) is 7.11 Å². The average Bonchev–Trinajstić information content (AvgIpc) is 2.77. The van der Waals surface area contributed by atoms with Crippen LogP contribution < -0.4 is 20.7 Å².